The number of hydrogen-bond acceptors (Lipinski definition) is 4. The number of ether oxygens (including phenoxy) is 1. The van der Waals surface area contributed by atoms with Gasteiger partial charge in [-0.05, 0) is 17.7 Å². The van der Waals surface area contributed by atoms with Gasteiger partial charge in [-0.25, -0.2) is 4.99 Å². The summed E-state index contributed by atoms with van der Waals surface area (Å²) >= 11 is 2.03. The third-order valence-electron chi connectivity index (χ3n) is 4.07. The molecule has 0 atom stereocenters. The molecule has 2 heterocycles. The molecule has 7 heteroatoms. The van der Waals surface area contributed by atoms with Crippen molar-refractivity contribution in [2.75, 3.05) is 55.8 Å². The minimum atomic E-state index is 0. The molecule has 0 radical (unpaired) electrons. The second-order valence-corrected chi connectivity index (χ2v) is 6.76. The Hall–Kier alpha value is -0.670. The van der Waals surface area contributed by atoms with Crippen LogP contribution in [0, 0.1) is 0 Å². The molecule has 0 saturated carbocycles. The zero-order chi connectivity index (χ0) is 15.2. The first-order valence-electron chi connectivity index (χ1n) is 7.87. The van der Waals surface area contributed by atoms with E-state index in [1.807, 2.05) is 11.8 Å². The second kappa shape index (κ2) is 9.58. The highest BCUT2D eigenvalue weighted by Gasteiger charge is 2.12. The third kappa shape index (κ3) is 5.42. The van der Waals surface area contributed by atoms with Crippen LogP contribution in [0.4, 0.5) is 5.69 Å². The van der Waals surface area contributed by atoms with Crippen LogP contribution in [0.2, 0.25) is 0 Å². The number of halogens is 1. The van der Waals surface area contributed by atoms with E-state index in [0.29, 0.717) is 12.5 Å². The Morgan fingerprint density at radius 1 is 1.09 bits per heavy atom. The molecule has 2 aliphatic rings. The maximum Gasteiger partial charge on any atom is 0.191 e. The van der Waals surface area contributed by atoms with Crippen molar-refractivity contribution in [3.8, 4) is 0 Å². The predicted octanol–water partition coefficient (Wildman–Crippen LogP) is 2.00. The first kappa shape index (κ1) is 18.7. The minimum Gasteiger partial charge on any atom is -0.378 e. The van der Waals surface area contributed by atoms with Crippen molar-refractivity contribution in [2.45, 2.75) is 6.54 Å². The summed E-state index contributed by atoms with van der Waals surface area (Å²) in [5.41, 5.74) is 8.57. The van der Waals surface area contributed by atoms with E-state index in [4.69, 9.17) is 10.5 Å². The highest BCUT2D eigenvalue weighted by Crippen LogP contribution is 2.20. The highest BCUT2D eigenvalue weighted by atomic mass is 127. The van der Waals surface area contributed by atoms with Gasteiger partial charge in [0.05, 0.1) is 19.8 Å². The maximum atomic E-state index is 6.05. The zero-order valence-corrected chi connectivity index (χ0v) is 16.5. The van der Waals surface area contributed by atoms with E-state index in [1.54, 1.807) is 0 Å². The summed E-state index contributed by atoms with van der Waals surface area (Å²) in [6.45, 7) is 6.07. The molecule has 2 fully saturated rings. The van der Waals surface area contributed by atoms with Crippen molar-refractivity contribution in [2.24, 2.45) is 10.7 Å². The van der Waals surface area contributed by atoms with Crippen molar-refractivity contribution < 1.29 is 4.74 Å². The average Bonchev–Trinajstić information content (AvgIpc) is 2.61. The maximum absolute atomic E-state index is 6.05. The molecule has 1 aromatic rings. The average molecular weight is 448 g/mol. The van der Waals surface area contributed by atoms with Gasteiger partial charge in [0.2, 0.25) is 0 Å². The second-order valence-electron chi connectivity index (χ2n) is 5.54. The number of benzene rings is 1. The van der Waals surface area contributed by atoms with E-state index in [9.17, 15) is 0 Å². The lowest BCUT2D eigenvalue weighted by Crippen LogP contribution is -2.44. The van der Waals surface area contributed by atoms with Crippen molar-refractivity contribution >= 4 is 47.4 Å². The Kier molecular flexibility index (Phi) is 7.78. The topological polar surface area (TPSA) is 54.1 Å². The minimum absolute atomic E-state index is 0. The smallest absolute Gasteiger partial charge is 0.191 e. The number of nitrogens with zero attached hydrogens (tertiary/aromatic N) is 3. The highest BCUT2D eigenvalue weighted by molar-refractivity contribution is 14.0. The van der Waals surface area contributed by atoms with Gasteiger partial charge in [-0.2, -0.15) is 11.8 Å². The van der Waals surface area contributed by atoms with Gasteiger partial charge in [0.1, 0.15) is 0 Å². The Labute approximate surface area is 159 Å². The molecule has 2 aliphatic heterocycles. The van der Waals surface area contributed by atoms with Gasteiger partial charge in [0.15, 0.2) is 5.96 Å². The van der Waals surface area contributed by atoms with Crippen LogP contribution in [0.1, 0.15) is 5.56 Å². The number of hydrogen-bond donors (Lipinski definition) is 1. The van der Waals surface area contributed by atoms with Crippen LogP contribution in [-0.2, 0) is 11.3 Å². The van der Waals surface area contributed by atoms with E-state index in [1.165, 1.54) is 22.8 Å². The third-order valence-corrected chi connectivity index (χ3v) is 5.01. The van der Waals surface area contributed by atoms with Crippen LogP contribution < -0.4 is 10.6 Å². The van der Waals surface area contributed by atoms with Gasteiger partial charge in [-0.3, -0.25) is 0 Å². The molecular formula is C16H25IN4OS. The summed E-state index contributed by atoms with van der Waals surface area (Å²) in [5.74, 6) is 3.07. The fraction of sp³-hybridized carbons (Fsp3) is 0.562. The molecule has 23 heavy (non-hydrogen) atoms. The molecule has 128 valence electrons. The molecule has 0 amide bonds. The van der Waals surface area contributed by atoms with Crippen LogP contribution in [0.25, 0.3) is 0 Å². The van der Waals surface area contributed by atoms with Gasteiger partial charge in [0.25, 0.3) is 0 Å². The number of guanidine groups is 1. The first-order valence-corrected chi connectivity index (χ1v) is 9.02. The molecule has 0 unspecified atom stereocenters. The lowest BCUT2D eigenvalue weighted by Gasteiger charge is -2.28. The summed E-state index contributed by atoms with van der Waals surface area (Å²) in [6.07, 6.45) is 0. The molecule has 5 nitrogen and oxygen atoms in total. The molecule has 0 spiro atoms. The normalized spacial score (nSPS) is 19.4. The Morgan fingerprint density at radius 3 is 2.39 bits per heavy atom. The van der Waals surface area contributed by atoms with E-state index in [0.717, 1.165) is 39.4 Å². The summed E-state index contributed by atoms with van der Waals surface area (Å²) < 4.78 is 5.33. The van der Waals surface area contributed by atoms with Gasteiger partial charge in [-0.1, -0.05) is 12.1 Å². The number of morpholine rings is 1. The molecule has 2 saturated heterocycles. The first-order chi connectivity index (χ1) is 10.8. The lowest BCUT2D eigenvalue weighted by atomic mass is 10.2. The predicted molar refractivity (Wildman–Crippen MR) is 109 cm³/mol. The number of aliphatic imine (C=N–C) groups is 1. The van der Waals surface area contributed by atoms with Crippen molar-refractivity contribution in [1.29, 1.82) is 0 Å². The Morgan fingerprint density at radius 2 is 1.74 bits per heavy atom. The van der Waals surface area contributed by atoms with Gasteiger partial charge in [0, 0.05) is 43.4 Å². The molecule has 0 aromatic heterocycles. The fourth-order valence-corrected chi connectivity index (χ4v) is 3.60. The SMILES string of the molecule is I.NC(=NCc1ccc(N2CCSCC2)cc1)N1CCOCC1. The molecule has 2 N–H and O–H groups in total. The lowest BCUT2D eigenvalue weighted by molar-refractivity contribution is 0.0674. The molecule has 3 rings (SSSR count). The van der Waals surface area contributed by atoms with E-state index < -0.39 is 0 Å². The number of rotatable bonds is 3. The van der Waals surface area contributed by atoms with E-state index in [-0.39, 0.29) is 24.0 Å². The summed E-state index contributed by atoms with van der Waals surface area (Å²) in [4.78, 5) is 9.04. The quantitative estimate of drug-likeness (QED) is 0.436. The van der Waals surface area contributed by atoms with Crippen LogP contribution in [-0.4, -0.2) is 61.8 Å². The molecule has 0 aliphatic carbocycles. The van der Waals surface area contributed by atoms with Crippen molar-refractivity contribution in [3.63, 3.8) is 0 Å². The number of thioether (sulfide) groups is 1. The van der Waals surface area contributed by atoms with E-state index in [2.05, 4.69) is 39.1 Å². The monoisotopic (exact) mass is 448 g/mol. The summed E-state index contributed by atoms with van der Waals surface area (Å²) in [7, 11) is 0. The summed E-state index contributed by atoms with van der Waals surface area (Å²) in [6, 6.07) is 8.72. The van der Waals surface area contributed by atoms with Crippen LogP contribution >= 0.6 is 35.7 Å². The van der Waals surface area contributed by atoms with Crippen molar-refractivity contribution in [1.82, 2.24) is 4.90 Å². The molecule has 0 bridgehead atoms. The molecule has 1 aromatic carbocycles. The van der Waals surface area contributed by atoms with Gasteiger partial charge < -0.3 is 20.3 Å². The standard InChI is InChI=1S/C16H24N4OS.HI/c17-16(20-5-9-21-10-6-20)18-13-14-1-3-15(4-2-14)19-7-11-22-12-8-19;/h1-4H,5-13H2,(H2,17,18);1H. The Bertz CT molecular complexity index is 499. The van der Waals surface area contributed by atoms with Gasteiger partial charge >= 0.3 is 0 Å². The fourth-order valence-electron chi connectivity index (χ4n) is 2.70. The number of anilines is 1. The van der Waals surface area contributed by atoms with E-state index >= 15 is 0 Å². The largest absolute Gasteiger partial charge is 0.378 e. The van der Waals surface area contributed by atoms with Gasteiger partial charge in [-0.15, -0.1) is 24.0 Å². The molecular weight excluding hydrogens is 423 g/mol. The van der Waals surface area contributed by atoms with Crippen LogP contribution in [0.5, 0.6) is 0 Å². The van der Waals surface area contributed by atoms with Crippen LogP contribution in [0.3, 0.4) is 0 Å². The number of nitrogens with two attached hydrogens (primary N) is 1. The zero-order valence-electron chi connectivity index (χ0n) is 13.3. The summed E-state index contributed by atoms with van der Waals surface area (Å²) in [5, 5.41) is 0. The van der Waals surface area contributed by atoms with Crippen molar-refractivity contribution in [3.05, 3.63) is 29.8 Å². The Balaban J connectivity index is 0.00000192. The van der Waals surface area contributed by atoms with Crippen LogP contribution in [0.15, 0.2) is 29.3 Å².